The molecule has 0 saturated carbocycles. The summed E-state index contributed by atoms with van der Waals surface area (Å²) in [4.78, 5) is 0. The number of nitrogens with one attached hydrogen (secondary N) is 1. The fourth-order valence-electron chi connectivity index (χ4n) is 2.22. The molecular formula is C15H21FN4O. The lowest BCUT2D eigenvalue weighted by atomic mass is 10.2. The third-order valence-electron chi connectivity index (χ3n) is 3.42. The van der Waals surface area contributed by atoms with E-state index in [0.717, 1.165) is 30.0 Å². The predicted molar refractivity (Wildman–Crippen MR) is 79.3 cm³/mol. The quantitative estimate of drug-likeness (QED) is 0.889. The number of hydrogen-bond acceptors (Lipinski definition) is 4. The van der Waals surface area contributed by atoms with Crippen LogP contribution in [0.15, 0.2) is 18.2 Å². The van der Waals surface area contributed by atoms with E-state index in [9.17, 15) is 4.39 Å². The van der Waals surface area contributed by atoms with E-state index < -0.39 is 5.82 Å². The zero-order valence-corrected chi connectivity index (χ0v) is 12.9. The van der Waals surface area contributed by atoms with Gasteiger partial charge in [0.05, 0.1) is 24.5 Å². The Morgan fingerprint density at radius 2 is 2.19 bits per heavy atom. The number of methoxy groups -OCH3 is 1. The number of rotatable bonds is 6. The third kappa shape index (κ3) is 3.21. The van der Waals surface area contributed by atoms with Crippen molar-refractivity contribution in [3.8, 4) is 11.4 Å². The van der Waals surface area contributed by atoms with Gasteiger partial charge < -0.3 is 10.1 Å². The first-order valence-electron chi connectivity index (χ1n) is 7.08. The molecule has 1 atom stereocenters. The van der Waals surface area contributed by atoms with Crippen LogP contribution in [0, 0.1) is 12.7 Å². The van der Waals surface area contributed by atoms with Crippen molar-refractivity contribution in [3.05, 3.63) is 35.4 Å². The summed E-state index contributed by atoms with van der Waals surface area (Å²) in [6, 6.07) is 4.77. The van der Waals surface area contributed by atoms with Gasteiger partial charge in [-0.3, -0.25) is 0 Å². The summed E-state index contributed by atoms with van der Waals surface area (Å²) in [7, 11) is 1.44. The average molecular weight is 292 g/mol. The zero-order valence-electron chi connectivity index (χ0n) is 12.9. The molecule has 0 aliphatic rings. The highest BCUT2D eigenvalue weighted by molar-refractivity contribution is 5.41. The summed E-state index contributed by atoms with van der Waals surface area (Å²) in [5.41, 5.74) is 2.55. The van der Waals surface area contributed by atoms with E-state index in [2.05, 4.69) is 29.5 Å². The minimum Gasteiger partial charge on any atom is -0.494 e. The molecule has 0 amide bonds. The lowest BCUT2D eigenvalue weighted by molar-refractivity contribution is 0.386. The van der Waals surface area contributed by atoms with E-state index in [-0.39, 0.29) is 11.8 Å². The fourth-order valence-corrected chi connectivity index (χ4v) is 2.22. The molecule has 0 bridgehead atoms. The van der Waals surface area contributed by atoms with Crippen LogP contribution in [0.2, 0.25) is 0 Å². The number of aromatic nitrogens is 3. The van der Waals surface area contributed by atoms with Crippen LogP contribution in [0.1, 0.15) is 37.7 Å². The molecule has 1 aromatic heterocycles. The molecule has 2 aromatic rings. The fraction of sp³-hybridized carbons (Fsp3) is 0.467. The Morgan fingerprint density at radius 1 is 1.43 bits per heavy atom. The second-order valence-corrected chi connectivity index (χ2v) is 4.97. The smallest absolute Gasteiger partial charge is 0.165 e. The van der Waals surface area contributed by atoms with Crippen LogP contribution in [-0.4, -0.2) is 28.6 Å². The summed E-state index contributed by atoms with van der Waals surface area (Å²) >= 11 is 0. The van der Waals surface area contributed by atoms with Gasteiger partial charge in [-0.05, 0) is 38.9 Å². The third-order valence-corrected chi connectivity index (χ3v) is 3.42. The molecule has 1 N–H and O–H groups in total. The standard InChI is InChI=1S/C15H21FN4O/c1-5-8-17-10(2)15-11(3)20(19-18-15)12-6-7-13(16)14(9-12)21-4/h6-7,9-10,17H,5,8H2,1-4H3. The average Bonchev–Trinajstić information content (AvgIpc) is 2.87. The van der Waals surface area contributed by atoms with Crippen LogP contribution < -0.4 is 10.1 Å². The van der Waals surface area contributed by atoms with Crippen LogP contribution >= 0.6 is 0 Å². The van der Waals surface area contributed by atoms with Crippen molar-refractivity contribution in [2.24, 2.45) is 0 Å². The Morgan fingerprint density at radius 3 is 2.86 bits per heavy atom. The van der Waals surface area contributed by atoms with Gasteiger partial charge in [0.2, 0.25) is 0 Å². The normalized spacial score (nSPS) is 12.4. The van der Waals surface area contributed by atoms with E-state index in [1.165, 1.54) is 13.2 Å². The summed E-state index contributed by atoms with van der Waals surface area (Å²) in [5.74, 6) is -0.196. The molecule has 6 heteroatoms. The van der Waals surface area contributed by atoms with Crippen LogP contribution in [0.25, 0.3) is 5.69 Å². The molecule has 0 aliphatic heterocycles. The molecule has 0 spiro atoms. The maximum absolute atomic E-state index is 13.5. The van der Waals surface area contributed by atoms with Crippen molar-refractivity contribution < 1.29 is 9.13 Å². The molecule has 5 nitrogen and oxygen atoms in total. The maximum Gasteiger partial charge on any atom is 0.165 e. The molecule has 1 unspecified atom stereocenters. The lowest BCUT2D eigenvalue weighted by Gasteiger charge is -2.12. The summed E-state index contributed by atoms with van der Waals surface area (Å²) in [6.45, 7) is 7.06. The Labute approximate surface area is 124 Å². The highest BCUT2D eigenvalue weighted by Gasteiger charge is 2.16. The summed E-state index contributed by atoms with van der Waals surface area (Å²) in [6.07, 6.45) is 1.06. The maximum atomic E-state index is 13.5. The van der Waals surface area contributed by atoms with Crippen molar-refractivity contribution in [2.45, 2.75) is 33.2 Å². The highest BCUT2D eigenvalue weighted by Crippen LogP contribution is 2.23. The summed E-state index contributed by atoms with van der Waals surface area (Å²) in [5, 5.41) is 11.8. The highest BCUT2D eigenvalue weighted by atomic mass is 19.1. The molecule has 0 radical (unpaired) electrons. The van der Waals surface area contributed by atoms with Gasteiger partial charge >= 0.3 is 0 Å². The molecule has 2 rings (SSSR count). The molecular weight excluding hydrogens is 271 g/mol. The first-order chi connectivity index (χ1) is 10.1. The predicted octanol–water partition coefficient (Wildman–Crippen LogP) is 2.78. The zero-order chi connectivity index (χ0) is 15.4. The Hall–Kier alpha value is -1.95. The van der Waals surface area contributed by atoms with Crippen molar-refractivity contribution in [3.63, 3.8) is 0 Å². The molecule has 114 valence electrons. The van der Waals surface area contributed by atoms with Crippen molar-refractivity contribution in [2.75, 3.05) is 13.7 Å². The molecule has 0 fully saturated rings. The van der Waals surface area contributed by atoms with E-state index in [4.69, 9.17) is 4.74 Å². The molecule has 1 aromatic carbocycles. The Balaban J connectivity index is 2.31. The first kappa shape index (κ1) is 15.4. The van der Waals surface area contributed by atoms with Crippen LogP contribution in [0.3, 0.4) is 0 Å². The van der Waals surface area contributed by atoms with E-state index in [1.807, 2.05) is 6.92 Å². The van der Waals surface area contributed by atoms with Gasteiger partial charge in [0, 0.05) is 6.07 Å². The number of halogens is 1. The van der Waals surface area contributed by atoms with Crippen molar-refractivity contribution in [1.82, 2.24) is 20.3 Å². The second-order valence-electron chi connectivity index (χ2n) is 4.97. The molecule has 0 aliphatic carbocycles. The Bertz CT molecular complexity index is 612. The SMILES string of the molecule is CCCNC(C)c1nnn(-c2ccc(F)c(OC)c2)c1C. The van der Waals surface area contributed by atoms with Crippen LogP contribution in [-0.2, 0) is 0 Å². The molecule has 0 saturated heterocycles. The number of hydrogen-bond donors (Lipinski definition) is 1. The van der Waals surface area contributed by atoms with Gasteiger partial charge in [0.25, 0.3) is 0 Å². The first-order valence-corrected chi connectivity index (χ1v) is 7.08. The minimum atomic E-state index is -0.391. The topological polar surface area (TPSA) is 52.0 Å². The van der Waals surface area contributed by atoms with Crippen LogP contribution in [0.4, 0.5) is 4.39 Å². The van der Waals surface area contributed by atoms with Gasteiger partial charge in [-0.1, -0.05) is 12.1 Å². The van der Waals surface area contributed by atoms with Crippen LogP contribution in [0.5, 0.6) is 5.75 Å². The van der Waals surface area contributed by atoms with E-state index in [1.54, 1.807) is 16.8 Å². The van der Waals surface area contributed by atoms with Gasteiger partial charge in [-0.15, -0.1) is 5.10 Å². The number of ether oxygens (including phenoxy) is 1. The van der Waals surface area contributed by atoms with Gasteiger partial charge in [-0.2, -0.15) is 0 Å². The number of benzene rings is 1. The van der Waals surface area contributed by atoms with E-state index in [0.29, 0.717) is 0 Å². The summed E-state index contributed by atoms with van der Waals surface area (Å²) < 4.78 is 20.2. The molecule has 1 heterocycles. The minimum absolute atomic E-state index is 0.126. The lowest BCUT2D eigenvalue weighted by Crippen LogP contribution is -2.20. The van der Waals surface area contributed by atoms with Gasteiger partial charge in [-0.25, -0.2) is 9.07 Å². The van der Waals surface area contributed by atoms with Crippen molar-refractivity contribution >= 4 is 0 Å². The molecule has 21 heavy (non-hydrogen) atoms. The van der Waals surface area contributed by atoms with E-state index >= 15 is 0 Å². The Kier molecular flexibility index (Phi) is 4.90. The second kappa shape index (κ2) is 6.67. The monoisotopic (exact) mass is 292 g/mol. The van der Waals surface area contributed by atoms with Gasteiger partial charge in [0.15, 0.2) is 11.6 Å². The van der Waals surface area contributed by atoms with Crippen molar-refractivity contribution in [1.29, 1.82) is 0 Å². The number of nitrogens with zero attached hydrogens (tertiary/aromatic N) is 3. The van der Waals surface area contributed by atoms with Gasteiger partial charge in [0.1, 0.15) is 5.69 Å². The largest absolute Gasteiger partial charge is 0.494 e.